The summed E-state index contributed by atoms with van der Waals surface area (Å²) in [6.07, 6.45) is 2.45. The summed E-state index contributed by atoms with van der Waals surface area (Å²) < 4.78 is 11.1. The third kappa shape index (κ3) is 5.71. The van der Waals surface area contributed by atoms with Gasteiger partial charge in [0.05, 0.1) is 31.3 Å². The van der Waals surface area contributed by atoms with Gasteiger partial charge in [0.15, 0.2) is 0 Å². The third-order valence-electron chi connectivity index (χ3n) is 9.43. The molecule has 0 radical (unpaired) electrons. The van der Waals surface area contributed by atoms with Gasteiger partial charge in [-0.3, -0.25) is 14.4 Å². The van der Waals surface area contributed by atoms with Crippen LogP contribution in [0.4, 0.5) is 5.69 Å². The Balaban J connectivity index is 1.15. The van der Waals surface area contributed by atoms with E-state index in [0.717, 1.165) is 35.5 Å². The Morgan fingerprint density at radius 3 is 2.30 bits per heavy atom. The highest BCUT2D eigenvalue weighted by Gasteiger charge is 2.50. The molecule has 44 heavy (non-hydrogen) atoms. The number of para-hydroxylation sites is 1. The average Bonchev–Trinajstić information content (AvgIpc) is 3.08. The summed E-state index contributed by atoms with van der Waals surface area (Å²) in [6.45, 7) is 6.12. The first-order valence-electron chi connectivity index (χ1n) is 15.9. The van der Waals surface area contributed by atoms with Crippen LogP contribution >= 0.6 is 0 Å². The van der Waals surface area contributed by atoms with Gasteiger partial charge in [-0.05, 0) is 61.4 Å². The summed E-state index contributed by atoms with van der Waals surface area (Å²) in [7, 11) is 0. The Morgan fingerprint density at radius 1 is 0.864 bits per heavy atom. The number of esters is 1. The molecular formula is C36H41N3O5. The van der Waals surface area contributed by atoms with E-state index in [0.29, 0.717) is 64.2 Å². The van der Waals surface area contributed by atoms with Crippen LogP contribution in [0, 0.1) is 0 Å². The van der Waals surface area contributed by atoms with Crippen molar-refractivity contribution in [3.05, 3.63) is 101 Å². The zero-order chi connectivity index (χ0) is 30.5. The normalized spacial score (nSPS) is 22.2. The monoisotopic (exact) mass is 595 g/mol. The van der Waals surface area contributed by atoms with Gasteiger partial charge in [-0.2, -0.15) is 0 Å². The molecule has 0 bridgehead atoms. The topological polar surface area (TPSA) is 88.2 Å². The van der Waals surface area contributed by atoms with Crippen LogP contribution in [0.25, 0.3) is 0 Å². The molecule has 2 atom stereocenters. The molecule has 230 valence electrons. The van der Waals surface area contributed by atoms with Gasteiger partial charge < -0.3 is 24.6 Å². The van der Waals surface area contributed by atoms with Crippen LogP contribution in [0.5, 0.6) is 0 Å². The van der Waals surface area contributed by atoms with E-state index in [1.165, 1.54) is 0 Å². The molecule has 2 amide bonds. The van der Waals surface area contributed by atoms with Crippen LogP contribution in [-0.2, 0) is 24.5 Å². The van der Waals surface area contributed by atoms with Crippen molar-refractivity contribution >= 4 is 23.5 Å². The summed E-state index contributed by atoms with van der Waals surface area (Å²) in [5.41, 5.74) is 3.32. The smallest absolute Gasteiger partial charge is 0.321 e. The van der Waals surface area contributed by atoms with Gasteiger partial charge in [-0.25, -0.2) is 0 Å². The molecule has 8 nitrogen and oxygen atoms in total. The number of nitrogens with one attached hydrogen (secondary N) is 1. The number of hydrogen-bond donors (Lipinski definition) is 1. The number of ether oxygens (including phenoxy) is 2. The zero-order valence-electron chi connectivity index (χ0n) is 25.4. The Hall–Kier alpha value is -4.17. The SMILES string of the molecule is CCOC(=O)[C@]1(c2ccccc2)CC[C@@H](C(=O)N2CCC(NC(=O)c3ccccc3N3CCOCC3)CC2)c2ccccc21. The fourth-order valence-corrected chi connectivity index (χ4v) is 7.18. The van der Waals surface area contributed by atoms with Crippen molar-refractivity contribution in [3.63, 3.8) is 0 Å². The van der Waals surface area contributed by atoms with Crippen molar-refractivity contribution in [2.24, 2.45) is 0 Å². The highest BCUT2D eigenvalue weighted by Crippen LogP contribution is 2.48. The van der Waals surface area contributed by atoms with Gasteiger partial charge >= 0.3 is 5.97 Å². The van der Waals surface area contributed by atoms with Crippen LogP contribution in [0.3, 0.4) is 0 Å². The second-order valence-electron chi connectivity index (χ2n) is 11.9. The number of likely N-dealkylation sites (tertiary alicyclic amines) is 1. The molecule has 2 heterocycles. The number of hydrogen-bond acceptors (Lipinski definition) is 6. The van der Waals surface area contributed by atoms with Crippen molar-refractivity contribution in [1.29, 1.82) is 0 Å². The molecule has 6 rings (SSSR count). The van der Waals surface area contributed by atoms with Crippen molar-refractivity contribution < 1.29 is 23.9 Å². The second-order valence-corrected chi connectivity index (χ2v) is 11.9. The summed E-state index contributed by atoms with van der Waals surface area (Å²) in [4.78, 5) is 45.2. The summed E-state index contributed by atoms with van der Waals surface area (Å²) in [6, 6.07) is 25.4. The molecule has 3 aliphatic rings. The van der Waals surface area contributed by atoms with Gasteiger partial charge in [-0.15, -0.1) is 0 Å². The van der Waals surface area contributed by atoms with Crippen LogP contribution in [0.2, 0.25) is 0 Å². The number of rotatable bonds is 7. The van der Waals surface area contributed by atoms with E-state index in [-0.39, 0.29) is 29.7 Å². The predicted octanol–water partition coefficient (Wildman–Crippen LogP) is 4.67. The lowest BCUT2D eigenvalue weighted by Gasteiger charge is -2.42. The first-order chi connectivity index (χ1) is 21.5. The molecule has 8 heteroatoms. The van der Waals surface area contributed by atoms with Gasteiger partial charge in [0.2, 0.25) is 5.91 Å². The molecule has 3 aromatic rings. The molecule has 2 saturated heterocycles. The lowest BCUT2D eigenvalue weighted by molar-refractivity contribution is -0.149. The first-order valence-corrected chi connectivity index (χ1v) is 15.9. The number of benzene rings is 3. The molecule has 2 aliphatic heterocycles. The van der Waals surface area contributed by atoms with Crippen molar-refractivity contribution in [2.45, 2.75) is 50.0 Å². The van der Waals surface area contributed by atoms with Gasteiger partial charge in [0.1, 0.15) is 5.41 Å². The fourth-order valence-electron chi connectivity index (χ4n) is 7.18. The van der Waals surface area contributed by atoms with Crippen molar-refractivity contribution in [1.82, 2.24) is 10.2 Å². The predicted molar refractivity (Wildman–Crippen MR) is 169 cm³/mol. The number of fused-ring (bicyclic) bond motifs is 1. The van der Waals surface area contributed by atoms with Crippen LogP contribution < -0.4 is 10.2 Å². The van der Waals surface area contributed by atoms with Crippen LogP contribution in [0.15, 0.2) is 78.9 Å². The van der Waals surface area contributed by atoms with Gasteiger partial charge in [-0.1, -0.05) is 66.7 Å². The number of piperidine rings is 1. The maximum absolute atomic E-state index is 14.0. The van der Waals surface area contributed by atoms with E-state index in [1.54, 1.807) is 0 Å². The maximum Gasteiger partial charge on any atom is 0.321 e. The van der Waals surface area contributed by atoms with Gasteiger partial charge in [0, 0.05) is 37.9 Å². The number of amides is 2. The van der Waals surface area contributed by atoms with Crippen molar-refractivity contribution in [3.8, 4) is 0 Å². The average molecular weight is 596 g/mol. The number of carbonyl (C=O) groups is 3. The lowest BCUT2D eigenvalue weighted by atomic mass is 9.63. The molecule has 1 aliphatic carbocycles. The molecular weight excluding hydrogens is 554 g/mol. The van der Waals surface area contributed by atoms with E-state index in [9.17, 15) is 14.4 Å². The Morgan fingerprint density at radius 2 is 1.55 bits per heavy atom. The molecule has 0 spiro atoms. The molecule has 0 unspecified atom stereocenters. The highest BCUT2D eigenvalue weighted by molar-refractivity contribution is 6.00. The minimum Gasteiger partial charge on any atom is -0.465 e. The molecule has 1 N–H and O–H groups in total. The van der Waals surface area contributed by atoms with E-state index in [4.69, 9.17) is 9.47 Å². The largest absolute Gasteiger partial charge is 0.465 e. The summed E-state index contributed by atoms with van der Waals surface area (Å²) in [5.74, 6) is -0.583. The zero-order valence-corrected chi connectivity index (χ0v) is 25.4. The maximum atomic E-state index is 14.0. The van der Waals surface area contributed by atoms with E-state index in [2.05, 4.69) is 10.2 Å². The van der Waals surface area contributed by atoms with Crippen molar-refractivity contribution in [2.75, 3.05) is 50.9 Å². The standard InChI is InChI=1S/C36H41N3O5/c1-2-44-35(42)36(26-10-4-3-5-11-26)19-16-29(28-12-6-8-14-31(28)36)34(41)39-20-17-27(18-21-39)37-33(40)30-13-7-9-15-32(30)38-22-24-43-25-23-38/h3-15,27,29H,2,16-25H2,1H3,(H,37,40)/t29-,36+/m1/s1. The van der Waals surface area contributed by atoms with Gasteiger partial charge in [0.25, 0.3) is 5.91 Å². The second kappa shape index (κ2) is 13.2. The number of carbonyl (C=O) groups excluding carboxylic acids is 3. The fraction of sp³-hybridized carbons (Fsp3) is 0.417. The number of nitrogens with zero attached hydrogens (tertiary/aromatic N) is 2. The lowest BCUT2D eigenvalue weighted by Crippen LogP contribution is -2.49. The Labute approximate surface area is 259 Å². The molecule has 0 aromatic heterocycles. The Kier molecular flexibility index (Phi) is 8.98. The van der Waals surface area contributed by atoms with Crippen LogP contribution in [0.1, 0.15) is 65.6 Å². The summed E-state index contributed by atoms with van der Waals surface area (Å²) >= 11 is 0. The number of anilines is 1. The van der Waals surface area contributed by atoms with E-state index < -0.39 is 5.41 Å². The molecule has 0 saturated carbocycles. The highest BCUT2D eigenvalue weighted by atomic mass is 16.5. The minimum absolute atomic E-state index is 0.00233. The minimum atomic E-state index is -0.945. The van der Waals surface area contributed by atoms with E-state index in [1.807, 2.05) is 90.7 Å². The van der Waals surface area contributed by atoms with E-state index >= 15 is 0 Å². The quantitative estimate of drug-likeness (QED) is 0.400. The third-order valence-corrected chi connectivity index (χ3v) is 9.43. The molecule has 2 fully saturated rings. The Bertz CT molecular complexity index is 1480. The summed E-state index contributed by atoms with van der Waals surface area (Å²) in [5, 5.41) is 3.24. The first kappa shape index (κ1) is 29.9. The number of morpholine rings is 1. The molecule has 3 aromatic carbocycles. The van der Waals surface area contributed by atoms with Crippen LogP contribution in [-0.4, -0.2) is 74.7 Å².